The van der Waals surface area contributed by atoms with Crippen LogP contribution in [0.3, 0.4) is 0 Å². The van der Waals surface area contributed by atoms with Gasteiger partial charge in [0.1, 0.15) is 4.83 Å². The minimum Gasteiger partial charge on any atom is -0.342 e. The molecule has 0 saturated heterocycles. The lowest BCUT2D eigenvalue weighted by Gasteiger charge is -2.26. The number of thiophene rings is 1. The number of nitrogens with zero attached hydrogens (tertiary/aromatic N) is 1. The standard InChI is InChI=1S/C23H22N4O2S/c1-23(2,16-11-7-4-8-12-16)25-21(29)18-14-17-20(26-27-22(17)30-18)24-19(28)13-15-9-5-3-6-10-15/h3-12,14H,13H2,1-2H3,(H,25,29)(H2,24,26,27,28). The van der Waals surface area contributed by atoms with Crippen LogP contribution >= 0.6 is 11.3 Å². The molecule has 152 valence electrons. The number of benzene rings is 2. The highest BCUT2D eigenvalue weighted by molar-refractivity contribution is 7.20. The second-order valence-corrected chi connectivity index (χ2v) is 8.63. The van der Waals surface area contributed by atoms with E-state index in [4.69, 9.17) is 0 Å². The molecule has 0 radical (unpaired) electrons. The van der Waals surface area contributed by atoms with Gasteiger partial charge in [0.2, 0.25) is 5.91 Å². The van der Waals surface area contributed by atoms with Gasteiger partial charge in [0, 0.05) is 0 Å². The van der Waals surface area contributed by atoms with E-state index in [9.17, 15) is 9.59 Å². The van der Waals surface area contributed by atoms with Gasteiger partial charge in [-0.05, 0) is 31.0 Å². The number of nitrogens with one attached hydrogen (secondary N) is 3. The summed E-state index contributed by atoms with van der Waals surface area (Å²) < 4.78 is 0. The predicted octanol–water partition coefficient (Wildman–Crippen LogP) is 4.47. The van der Waals surface area contributed by atoms with Crippen molar-refractivity contribution >= 4 is 39.2 Å². The Labute approximate surface area is 178 Å². The Morgan fingerprint density at radius 2 is 1.70 bits per heavy atom. The van der Waals surface area contributed by atoms with Crippen molar-refractivity contribution in [2.24, 2.45) is 0 Å². The molecule has 0 atom stereocenters. The van der Waals surface area contributed by atoms with Crippen molar-refractivity contribution in [3.05, 3.63) is 82.7 Å². The zero-order valence-electron chi connectivity index (χ0n) is 16.7. The summed E-state index contributed by atoms with van der Waals surface area (Å²) >= 11 is 1.31. The Morgan fingerprint density at radius 3 is 2.40 bits per heavy atom. The molecule has 2 aromatic heterocycles. The van der Waals surface area contributed by atoms with E-state index >= 15 is 0 Å². The molecule has 0 saturated carbocycles. The van der Waals surface area contributed by atoms with Crippen molar-refractivity contribution < 1.29 is 9.59 Å². The number of fused-ring (bicyclic) bond motifs is 1. The molecule has 2 aromatic carbocycles. The smallest absolute Gasteiger partial charge is 0.262 e. The molecule has 3 N–H and O–H groups in total. The van der Waals surface area contributed by atoms with Crippen molar-refractivity contribution in [2.75, 3.05) is 5.32 Å². The van der Waals surface area contributed by atoms with Gasteiger partial charge in [0.05, 0.1) is 22.2 Å². The average Bonchev–Trinajstić information content (AvgIpc) is 3.31. The van der Waals surface area contributed by atoms with Gasteiger partial charge in [-0.1, -0.05) is 60.7 Å². The van der Waals surface area contributed by atoms with Crippen molar-refractivity contribution in [3.8, 4) is 0 Å². The summed E-state index contributed by atoms with van der Waals surface area (Å²) in [5.41, 5.74) is 1.44. The van der Waals surface area contributed by atoms with Crippen LogP contribution in [0.1, 0.15) is 34.6 Å². The Hall–Kier alpha value is -3.45. The molecule has 0 spiro atoms. The van der Waals surface area contributed by atoms with Crippen molar-refractivity contribution in [3.63, 3.8) is 0 Å². The first kappa shape index (κ1) is 19.8. The van der Waals surface area contributed by atoms with E-state index in [0.717, 1.165) is 21.3 Å². The fourth-order valence-electron chi connectivity index (χ4n) is 3.25. The largest absolute Gasteiger partial charge is 0.342 e. The number of H-pyrrole nitrogens is 1. The van der Waals surface area contributed by atoms with Gasteiger partial charge in [0.25, 0.3) is 5.91 Å². The lowest BCUT2D eigenvalue weighted by atomic mass is 9.94. The molecule has 0 aliphatic heterocycles. The molecule has 2 heterocycles. The molecule has 4 rings (SSSR count). The summed E-state index contributed by atoms with van der Waals surface area (Å²) in [4.78, 5) is 26.5. The van der Waals surface area contributed by atoms with Gasteiger partial charge < -0.3 is 10.6 Å². The molecule has 7 heteroatoms. The quantitative estimate of drug-likeness (QED) is 0.432. The average molecular weight is 419 g/mol. The predicted molar refractivity (Wildman–Crippen MR) is 120 cm³/mol. The number of hydrogen-bond acceptors (Lipinski definition) is 4. The fraction of sp³-hybridized carbons (Fsp3) is 0.174. The van der Waals surface area contributed by atoms with Crippen LogP contribution in [-0.2, 0) is 16.8 Å². The summed E-state index contributed by atoms with van der Waals surface area (Å²) in [7, 11) is 0. The zero-order chi connectivity index (χ0) is 21.1. The molecular weight excluding hydrogens is 396 g/mol. The molecule has 0 aliphatic rings. The van der Waals surface area contributed by atoms with Crippen LogP contribution in [0.2, 0.25) is 0 Å². The minimum atomic E-state index is -0.513. The van der Waals surface area contributed by atoms with E-state index in [1.807, 2.05) is 74.5 Å². The summed E-state index contributed by atoms with van der Waals surface area (Å²) in [5, 5.41) is 13.7. The number of amides is 2. The maximum atomic E-state index is 12.9. The Kier molecular flexibility index (Phi) is 5.37. The number of aromatic amines is 1. The lowest BCUT2D eigenvalue weighted by Crippen LogP contribution is -2.40. The van der Waals surface area contributed by atoms with Crippen molar-refractivity contribution in [1.82, 2.24) is 15.5 Å². The molecule has 0 aliphatic carbocycles. The molecule has 0 fully saturated rings. The van der Waals surface area contributed by atoms with E-state index in [2.05, 4.69) is 20.8 Å². The highest BCUT2D eigenvalue weighted by Crippen LogP contribution is 2.30. The summed E-state index contributed by atoms with van der Waals surface area (Å²) in [6, 6.07) is 21.1. The Bertz CT molecular complexity index is 1180. The third-order valence-corrected chi connectivity index (χ3v) is 5.91. The van der Waals surface area contributed by atoms with E-state index in [1.165, 1.54) is 11.3 Å². The van der Waals surface area contributed by atoms with Gasteiger partial charge in [-0.15, -0.1) is 11.3 Å². The number of carbonyl (C=O) groups excluding carboxylic acids is 2. The summed E-state index contributed by atoms with van der Waals surface area (Å²) in [6.07, 6.45) is 0.262. The monoisotopic (exact) mass is 418 g/mol. The molecule has 0 unspecified atom stereocenters. The minimum absolute atomic E-state index is 0.156. The van der Waals surface area contributed by atoms with Crippen molar-refractivity contribution in [1.29, 1.82) is 0 Å². The van der Waals surface area contributed by atoms with E-state index in [0.29, 0.717) is 10.7 Å². The van der Waals surface area contributed by atoms with Gasteiger partial charge in [0.15, 0.2) is 5.82 Å². The fourth-order valence-corrected chi connectivity index (χ4v) is 4.15. The van der Waals surface area contributed by atoms with Crippen molar-refractivity contribution in [2.45, 2.75) is 25.8 Å². The van der Waals surface area contributed by atoms with Crippen LogP contribution in [0.5, 0.6) is 0 Å². The second kappa shape index (κ2) is 8.12. The van der Waals surface area contributed by atoms with E-state index < -0.39 is 5.54 Å². The topological polar surface area (TPSA) is 86.9 Å². The molecular formula is C23H22N4O2S. The summed E-state index contributed by atoms with van der Waals surface area (Å²) in [6.45, 7) is 3.94. The van der Waals surface area contributed by atoms with E-state index in [-0.39, 0.29) is 18.2 Å². The number of anilines is 1. The van der Waals surface area contributed by atoms with E-state index in [1.54, 1.807) is 6.07 Å². The van der Waals surface area contributed by atoms with Crippen LogP contribution in [0.15, 0.2) is 66.7 Å². The molecule has 4 aromatic rings. The Morgan fingerprint density at radius 1 is 1.03 bits per heavy atom. The van der Waals surface area contributed by atoms with Crippen LogP contribution in [0, 0.1) is 0 Å². The van der Waals surface area contributed by atoms with Gasteiger partial charge in [-0.25, -0.2) is 0 Å². The number of carbonyl (C=O) groups is 2. The molecule has 30 heavy (non-hydrogen) atoms. The highest BCUT2D eigenvalue weighted by atomic mass is 32.1. The maximum absolute atomic E-state index is 12.9. The van der Waals surface area contributed by atoms with Gasteiger partial charge >= 0.3 is 0 Å². The van der Waals surface area contributed by atoms with Crippen LogP contribution in [0.25, 0.3) is 10.2 Å². The first-order valence-electron chi connectivity index (χ1n) is 9.62. The lowest BCUT2D eigenvalue weighted by molar-refractivity contribution is -0.115. The number of aromatic nitrogens is 2. The van der Waals surface area contributed by atoms with Crippen LogP contribution < -0.4 is 10.6 Å². The summed E-state index contributed by atoms with van der Waals surface area (Å²) in [5.74, 6) is 0.112. The third-order valence-electron chi connectivity index (χ3n) is 4.87. The van der Waals surface area contributed by atoms with Gasteiger partial charge in [-0.2, -0.15) is 5.10 Å². The first-order valence-corrected chi connectivity index (χ1v) is 10.4. The van der Waals surface area contributed by atoms with Gasteiger partial charge in [-0.3, -0.25) is 14.7 Å². The SMILES string of the molecule is CC(C)(NC(=O)c1cc2c(NC(=O)Cc3ccccc3)n[nH]c2s1)c1ccccc1. The highest BCUT2D eigenvalue weighted by Gasteiger charge is 2.25. The normalized spacial score (nSPS) is 11.4. The van der Waals surface area contributed by atoms with Crippen LogP contribution in [-0.4, -0.2) is 22.0 Å². The molecule has 2 amide bonds. The third kappa shape index (κ3) is 4.26. The number of hydrogen-bond donors (Lipinski definition) is 3. The molecule has 0 bridgehead atoms. The Balaban J connectivity index is 1.48. The zero-order valence-corrected chi connectivity index (χ0v) is 17.5. The second-order valence-electron chi connectivity index (χ2n) is 7.58. The maximum Gasteiger partial charge on any atom is 0.262 e. The number of rotatable bonds is 6. The molecule has 6 nitrogen and oxygen atoms in total. The van der Waals surface area contributed by atoms with Crippen LogP contribution in [0.4, 0.5) is 5.82 Å². The first-order chi connectivity index (χ1) is 14.4.